The molecule has 0 fully saturated rings. The number of aryl methyl sites for hydroxylation is 1. The predicted molar refractivity (Wildman–Crippen MR) is 63.3 cm³/mol. The van der Waals surface area contributed by atoms with Crippen molar-refractivity contribution in [3.05, 3.63) is 65.2 Å². The minimum Gasteiger partial charge on any atom is -0.508 e. The Morgan fingerprint density at radius 2 is 1.75 bits per heavy atom. The summed E-state index contributed by atoms with van der Waals surface area (Å²) in [7, 11) is 0. The average molecular weight is 214 g/mol. The van der Waals surface area contributed by atoms with E-state index in [1.54, 1.807) is 24.3 Å². The molecule has 0 bridgehead atoms. The Bertz CT molecular complexity index is 492. The molecule has 2 N–H and O–H groups in total. The zero-order valence-corrected chi connectivity index (χ0v) is 9.09. The summed E-state index contributed by atoms with van der Waals surface area (Å²) >= 11 is 0. The number of aliphatic hydroxyl groups excluding tert-OH is 1. The van der Waals surface area contributed by atoms with Crippen molar-refractivity contribution in [2.45, 2.75) is 13.0 Å². The lowest BCUT2D eigenvalue weighted by atomic mass is 9.97. The first-order valence-corrected chi connectivity index (χ1v) is 5.21. The van der Waals surface area contributed by atoms with E-state index in [1.165, 1.54) is 0 Å². The highest BCUT2D eigenvalue weighted by Gasteiger charge is 2.12. The van der Waals surface area contributed by atoms with Gasteiger partial charge in [-0.15, -0.1) is 0 Å². The predicted octanol–water partition coefficient (Wildman–Crippen LogP) is 2.78. The summed E-state index contributed by atoms with van der Waals surface area (Å²) in [6, 6.07) is 14.4. The molecule has 2 rings (SSSR count). The number of phenolic OH excluding ortho intramolecular Hbond substituents is 1. The van der Waals surface area contributed by atoms with Gasteiger partial charge >= 0.3 is 0 Å². The monoisotopic (exact) mass is 214 g/mol. The van der Waals surface area contributed by atoms with E-state index in [0.717, 1.165) is 11.1 Å². The van der Waals surface area contributed by atoms with Gasteiger partial charge in [-0.3, -0.25) is 0 Å². The fraction of sp³-hybridized carbons (Fsp3) is 0.143. The zero-order chi connectivity index (χ0) is 11.5. The van der Waals surface area contributed by atoms with Crippen LogP contribution < -0.4 is 0 Å². The van der Waals surface area contributed by atoms with Crippen molar-refractivity contribution in [2.24, 2.45) is 0 Å². The molecule has 1 atom stereocenters. The molecule has 2 aromatic carbocycles. The molecule has 16 heavy (non-hydrogen) atoms. The summed E-state index contributed by atoms with van der Waals surface area (Å²) in [6.45, 7) is 1.96. The first-order valence-electron chi connectivity index (χ1n) is 5.21. The van der Waals surface area contributed by atoms with E-state index in [0.29, 0.717) is 5.56 Å². The molecule has 0 aromatic heterocycles. The van der Waals surface area contributed by atoms with Crippen LogP contribution in [0.2, 0.25) is 0 Å². The quantitative estimate of drug-likeness (QED) is 0.807. The molecule has 82 valence electrons. The third kappa shape index (κ3) is 2.07. The van der Waals surface area contributed by atoms with Crippen molar-refractivity contribution in [3.8, 4) is 5.75 Å². The van der Waals surface area contributed by atoms with Crippen LogP contribution in [-0.4, -0.2) is 10.2 Å². The highest BCUT2D eigenvalue weighted by molar-refractivity contribution is 5.37. The van der Waals surface area contributed by atoms with Crippen molar-refractivity contribution in [2.75, 3.05) is 0 Å². The summed E-state index contributed by atoms with van der Waals surface area (Å²) < 4.78 is 0. The maximum atomic E-state index is 10.2. The molecule has 0 aliphatic heterocycles. The molecule has 1 unspecified atom stereocenters. The van der Waals surface area contributed by atoms with Crippen LogP contribution in [0.1, 0.15) is 22.8 Å². The van der Waals surface area contributed by atoms with Crippen molar-refractivity contribution in [3.63, 3.8) is 0 Å². The Balaban J connectivity index is 2.39. The smallest absolute Gasteiger partial charge is 0.115 e. The molecular weight excluding hydrogens is 200 g/mol. The second-order valence-electron chi connectivity index (χ2n) is 3.85. The largest absolute Gasteiger partial charge is 0.508 e. The number of rotatable bonds is 2. The lowest BCUT2D eigenvalue weighted by molar-refractivity contribution is 0.219. The molecule has 2 aromatic rings. The molecule has 2 nitrogen and oxygen atoms in total. The van der Waals surface area contributed by atoms with Gasteiger partial charge in [0, 0.05) is 0 Å². The minimum atomic E-state index is -0.687. The van der Waals surface area contributed by atoms with Crippen molar-refractivity contribution in [1.29, 1.82) is 0 Å². The van der Waals surface area contributed by atoms with Crippen LogP contribution in [0.25, 0.3) is 0 Å². The van der Waals surface area contributed by atoms with E-state index in [1.807, 2.05) is 31.2 Å². The number of hydrogen-bond donors (Lipinski definition) is 2. The Hall–Kier alpha value is -1.80. The van der Waals surface area contributed by atoms with Crippen molar-refractivity contribution in [1.82, 2.24) is 0 Å². The topological polar surface area (TPSA) is 40.5 Å². The van der Waals surface area contributed by atoms with Crippen LogP contribution >= 0.6 is 0 Å². The number of hydrogen-bond acceptors (Lipinski definition) is 2. The number of aromatic hydroxyl groups is 1. The van der Waals surface area contributed by atoms with Gasteiger partial charge < -0.3 is 10.2 Å². The van der Waals surface area contributed by atoms with E-state index >= 15 is 0 Å². The Labute approximate surface area is 94.8 Å². The first kappa shape index (κ1) is 10.7. The molecule has 2 heteroatoms. The van der Waals surface area contributed by atoms with Gasteiger partial charge in [0.2, 0.25) is 0 Å². The summed E-state index contributed by atoms with van der Waals surface area (Å²) in [5.41, 5.74) is 2.61. The van der Waals surface area contributed by atoms with Crippen molar-refractivity contribution >= 4 is 0 Å². The highest BCUT2D eigenvalue weighted by Crippen LogP contribution is 2.26. The van der Waals surface area contributed by atoms with Crippen LogP contribution in [0.4, 0.5) is 0 Å². The summed E-state index contributed by atoms with van der Waals surface area (Å²) in [5.74, 6) is 0.171. The molecule has 0 aliphatic rings. The number of phenols is 1. The van der Waals surface area contributed by atoms with E-state index < -0.39 is 6.10 Å². The van der Waals surface area contributed by atoms with Gasteiger partial charge in [-0.25, -0.2) is 0 Å². The molecule has 0 aliphatic carbocycles. The summed E-state index contributed by atoms with van der Waals surface area (Å²) in [5, 5.41) is 19.6. The van der Waals surface area contributed by atoms with Crippen LogP contribution in [-0.2, 0) is 0 Å². The average Bonchev–Trinajstić information content (AvgIpc) is 2.29. The van der Waals surface area contributed by atoms with Crippen LogP contribution in [0.5, 0.6) is 5.75 Å². The van der Waals surface area contributed by atoms with Crippen LogP contribution in [0, 0.1) is 6.92 Å². The van der Waals surface area contributed by atoms with Crippen LogP contribution in [0.3, 0.4) is 0 Å². The number of benzene rings is 2. The van der Waals surface area contributed by atoms with Gasteiger partial charge in [0.25, 0.3) is 0 Å². The standard InChI is InChI=1S/C14H14O2/c1-10-5-2-3-8-13(10)14(16)11-6-4-7-12(15)9-11/h2-9,14-16H,1H3. The molecular formula is C14H14O2. The molecule has 0 amide bonds. The normalized spacial score (nSPS) is 12.4. The fourth-order valence-corrected chi connectivity index (χ4v) is 1.77. The number of aliphatic hydroxyl groups is 1. The van der Waals surface area contributed by atoms with E-state index in [2.05, 4.69) is 0 Å². The maximum Gasteiger partial charge on any atom is 0.115 e. The third-order valence-corrected chi connectivity index (χ3v) is 2.67. The van der Waals surface area contributed by atoms with E-state index in [-0.39, 0.29) is 5.75 Å². The second kappa shape index (κ2) is 4.37. The van der Waals surface area contributed by atoms with Gasteiger partial charge in [0.1, 0.15) is 11.9 Å². The summed E-state index contributed by atoms with van der Waals surface area (Å²) in [6.07, 6.45) is -0.687. The summed E-state index contributed by atoms with van der Waals surface area (Å²) in [4.78, 5) is 0. The molecule has 0 radical (unpaired) electrons. The Morgan fingerprint density at radius 1 is 1.00 bits per heavy atom. The van der Waals surface area contributed by atoms with Crippen LogP contribution in [0.15, 0.2) is 48.5 Å². The molecule has 0 spiro atoms. The first-order chi connectivity index (χ1) is 7.68. The molecule has 0 saturated heterocycles. The fourth-order valence-electron chi connectivity index (χ4n) is 1.77. The lowest BCUT2D eigenvalue weighted by Gasteiger charge is -2.14. The minimum absolute atomic E-state index is 0.171. The van der Waals surface area contributed by atoms with Gasteiger partial charge in [0.15, 0.2) is 0 Å². The molecule has 0 heterocycles. The van der Waals surface area contributed by atoms with Crippen molar-refractivity contribution < 1.29 is 10.2 Å². The van der Waals surface area contributed by atoms with Gasteiger partial charge in [-0.2, -0.15) is 0 Å². The van der Waals surface area contributed by atoms with Gasteiger partial charge in [-0.1, -0.05) is 36.4 Å². The van der Waals surface area contributed by atoms with E-state index in [4.69, 9.17) is 0 Å². The second-order valence-corrected chi connectivity index (χ2v) is 3.85. The van der Waals surface area contributed by atoms with E-state index in [9.17, 15) is 10.2 Å². The highest BCUT2D eigenvalue weighted by atomic mass is 16.3. The maximum absolute atomic E-state index is 10.2. The Morgan fingerprint density at radius 3 is 2.44 bits per heavy atom. The Kier molecular flexibility index (Phi) is 2.93. The van der Waals surface area contributed by atoms with Gasteiger partial charge in [-0.05, 0) is 35.7 Å². The van der Waals surface area contributed by atoms with Gasteiger partial charge in [0.05, 0.1) is 0 Å². The third-order valence-electron chi connectivity index (χ3n) is 2.67. The SMILES string of the molecule is Cc1ccccc1C(O)c1cccc(O)c1. The zero-order valence-electron chi connectivity index (χ0n) is 9.09. The lowest BCUT2D eigenvalue weighted by Crippen LogP contribution is -2.01. The molecule has 0 saturated carbocycles.